The van der Waals surface area contributed by atoms with Crippen molar-refractivity contribution in [3.8, 4) is 0 Å². The van der Waals surface area contributed by atoms with Gasteiger partial charge in [-0.2, -0.15) is 10.1 Å². The number of fused-ring (bicyclic) bond motifs is 2. The Morgan fingerprint density at radius 2 is 1.90 bits per heavy atom. The molecule has 160 valence electrons. The first-order valence-corrected chi connectivity index (χ1v) is 10.4. The maximum absolute atomic E-state index is 13.5. The summed E-state index contributed by atoms with van der Waals surface area (Å²) in [6.45, 7) is 1.46. The topological polar surface area (TPSA) is 79.2 Å². The largest absolute Gasteiger partial charge is 0.356 e. The lowest BCUT2D eigenvalue weighted by atomic mass is 10.1. The Kier molecular flexibility index (Phi) is 4.59. The molecule has 2 saturated heterocycles. The number of anilines is 3. The Labute approximate surface area is 173 Å². The number of nitrogens with zero attached hydrogens (tertiary/aromatic N) is 6. The van der Waals surface area contributed by atoms with Crippen LogP contribution in [0, 0.1) is 5.92 Å². The number of carbonyl (C=O) groups is 1. The number of hydrogen-bond acceptors (Lipinski definition) is 6. The van der Waals surface area contributed by atoms with E-state index < -0.39 is 11.8 Å². The summed E-state index contributed by atoms with van der Waals surface area (Å²) in [6, 6.07) is 1.96. The van der Waals surface area contributed by atoms with Crippen molar-refractivity contribution in [1.29, 1.82) is 0 Å². The minimum absolute atomic E-state index is 0.0384. The Bertz CT molecular complexity index is 933. The molecule has 0 spiro atoms. The zero-order chi connectivity index (χ0) is 20.9. The van der Waals surface area contributed by atoms with Crippen molar-refractivity contribution < 1.29 is 13.6 Å². The lowest BCUT2D eigenvalue weighted by molar-refractivity contribution is -0.138. The zero-order valence-corrected chi connectivity index (χ0v) is 16.8. The molecule has 1 amide bonds. The highest BCUT2D eigenvalue weighted by molar-refractivity contribution is 5.83. The fourth-order valence-corrected chi connectivity index (χ4v) is 4.70. The average molecular weight is 417 g/mol. The minimum atomic E-state index is -2.80. The highest BCUT2D eigenvalue weighted by Gasteiger charge is 2.63. The molecule has 2 aliphatic heterocycles. The summed E-state index contributed by atoms with van der Waals surface area (Å²) in [5.74, 6) is -2.92. The summed E-state index contributed by atoms with van der Waals surface area (Å²) < 4.78 is 28.6. The molecule has 1 aliphatic carbocycles. The maximum atomic E-state index is 13.5. The van der Waals surface area contributed by atoms with Gasteiger partial charge in [-0.25, -0.2) is 13.8 Å². The highest BCUT2D eigenvalue weighted by Crippen LogP contribution is 2.51. The van der Waals surface area contributed by atoms with E-state index in [2.05, 4.69) is 25.3 Å². The van der Waals surface area contributed by atoms with Gasteiger partial charge in [0.15, 0.2) is 0 Å². The summed E-state index contributed by atoms with van der Waals surface area (Å²) in [4.78, 5) is 25.6. The number of carbonyl (C=O) groups excluding carboxylic acids is 1. The molecule has 5 rings (SSSR count). The molecule has 1 unspecified atom stereocenters. The van der Waals surface area contributed by atoms with Crippen molar-refractivity contribution in [3.63, 3.8) is 0 Å². The van der Waals surface area contributed by atoms with E-state index in [-0.39, 0.29) is 24.4 Å². The lowest BCUT2D eigenvalue weighted by Gasteiger charge is -2.36. The molecule has 2 aromatic rings. The third-order valence-corrected chi connectivity index (χ3v) is 6.39. The molecule has 3 fully saturated rings. The van der Waals surface area contributed by atoms with E-state index in [1.165, 1.54) is 0 Å². The van der Waals surface area contributed by atoms with E-state index in [1.807, 2.05) is 19.3 Å². The zero-order valence-electron chi connectivity index (χ0n) is 16.8. The summed E-state index contributed by atoms with van der Waals surface area (Å²) in [5, 5.41) is 7.28. The van der Waals surface area contributed by atoms with Gasteiger partial charge in [0.1, 0.15) is 11.7 Å². The molecule has 8 nitrogen and oxygen atoms in total. The average Bonchev–Trinajstić information content (AvgIpc) is 3.05. The molecular formula is C20H25F2N7O. The van der Waals surface area contributed by atoms with Crippen LogP contribution in [0.3, 0.4) is 0 Å². The molecular weight excluding hydrogens is 392 g/mol. The molecule has 1 saturated carbocycles. The monoisotopic (exact) mass is 417 g/mol. The Morgan fingerprint density at radius 1 is 1.20 bits per heavy atom. The molecule has 1 N–H and O–H groups in total. The number of halogens is 2. The molecule has 0 aromatic carbocycles. The van der Waals surface area contributed by atoms with Gasteiger partial charge in [0.2, 0.25) is 11.9 Å². The predicted octanol–water partition coefficient (Wildman–Crippen LogP) is 2.57. The summed E-state index contributed by atoms with van der Waals surface area (Å²) >= 11 is 0. The first-order chi connectivity index (χ1) is 14.4. The van der Waals surface area contributed by atoms with Gasteiger partial charge in [-0.3, -0.25) is 9.48 Å². The van der Waals surface area contributed by atoms with Crippen molar-refractivity contribution >= 4 is 23.4 Å². The van der Waals surface area contributed by atoms with E-state index in [0.29, 0.717) is 5.95 Å². The lowest BCUT2D eigenvalue weighted by Crippen LogP contribution is -2.47. The Morgan fingerprint density at radius 3 is 2.50 bits per heavy atom. The number of rotatable bonds is 4. The first-order valence-electron chi connectivity index (χ1n) is 10.4. The maximum Gasteiger partial charge on any atom is 0.260 e. The number of aryl methyl sites for hydroxylation is 1. The van der Waals surface area contributed by atoms with E-state index >= 15 is 0 Å². The van der Waals surface area contributed by atoms with Crippen LogP contribution in [0.2, 0.25) is 0 Å². The molecule has 4 heterocycles. The highest BCUT2D eigenvalue weighted by atomic mass is 19.3. The van der Waals surface area contributed by atoms with Gasteiger partial charge in [0.25, 0.3) is 5.92 Å². The molecule has 3 aliphatic rings. The molecule has 10 heteroatoms. The van der Waals surface area contributed by atoms with Gasteiger partial charge in [-0.1, -0.05) is 0 Å². The molecule has 0 radical (unpaired) electrons. The van der Waals surface area contributed by atoms with Gasteiger partial charge >= 0.3 is 0 Å². The van der Waals surface area contributed by atoms with Crippen molar-refractivity contribution in [2.75, 3.05) is 23.3 Å². The first kappa shape index (κ1) is 19.2. The second-order valence-corrected chi connectivity index (χ2v) is 8.48. The SMILES string of the molecule is Cn1cc(Nc2nccc(N3CC[C@H]4CC[C@@H](CC3)N4C(=O)C3CC3(F)F)n2)cn1. The Balaban J connectivity index is 1.27. The fraction of sp³-hybridized carbons (Fsp3) is 0.600. The van der Waals surface area contributed by atoms with Crippen molar-refractivity contribution in [1.82, 2.24) is 24.6 Å². The van der Waals surface area contributed by atoms with Crippen LogP contribution in [-0.4, -0.2) is 61.7 Å². The second kappa shape index (κ2) is 7.17. The minimum Gasteiger partial charge on any atom is -0.356 e. The van der Waals surface area contributed by atoms with Crippen molar-refractivity contribution in [2.45, 2.75) is 50.1 Å². The molecule has 2 aromatic heterocycles. The van der Waals surface area contributed by atoms with E-state index in [4.69, 9.17) is 0 Å². The smallest absolute Gasteiger partial charge is 0.260 e. The third-order valence-electron chi connectivity index (χ3n) is 6.39. The molecule has 3 atom stereocenters. The van der Waals surface area contributed by atoms with Crippen LogP contribution < -0.4 is 10.2 Å². The van der Waals surface area contributed by atoms with Crippen LogP contribution >= 0.6 is 0 Å². The quantitative estimate of drug-likeness (QED) is 0.824. The molecule has 30 heavy (non-hydrogen) atoms. The number of aromatic nitrogens is 4. The van der Waals surface area contributed by atoms with Crippen LogP contribution in [0.4, 0.5) is 26.2 Å². The van der Waals surface area contributed by atoms with Gasteiger partial charge in [-0.15, -0.1) is 0 Å². The number of nitrogens with one attached hydrogen (secondary N) is 1. The summed E-state index contributed by atoms with van der Waals surface area (Å²) in [5.41, 5.74) is 0.811. The Hall–Kier alpha value is -2.78. The van der Waals surface area contributed by atoms with Crippen molar-refractivity contribution in [2.24, 2.45) is 13.0 Å². The normalized spacial score (nSPS) is 27.5. The van der Waals surface area contributed by atoms with Crippen LogP contribution in [0.25, 0.3) is 0 Å². The van der Waals surface area contributed by atoms with Crippen LogP contribution in [0.15, 0.2) is 24.7 Å². The number of hydrogen-bond donors (Lipinski definition) is 1. The number of alkyl halides is 2. The summed E-state index contributed by atoms with van der Waals surface area (Å²) in [7, 11) is 1.84. The molecule has 2 bridgehead atoms. The van der Waals surface area contributed by atoms with Gasteiger partial charge in [0.05, 0.1) is 11.9 Å². The predicted molar refractivity (Wildman–Crippen MR) is 107 cm³/mol. The van der Waals surface area contributed by atoms with Gasteiger partial charge in [-0.05, 0) is 31.7 Å². The van der Waals surface area contributed by atoms with Crippen LogP contribution in [0.1, 0.15) is 32.1 Å². The number of amides is 1. The van der Waals surface area contributed by atoms with Gasteiger partial charge < -0.3 is 15.1 Å². The van der Waals surface area contributed by atoms with E-state index in [1.54, 1.807) is 22.0 Å². The van der Waals surface area contributed by atoms with Crippen LogP contribution in [0.5, 0.6) is 0 Å². The fourth-order valence-electron chi connectivity index (χ4n) is 4.70. The van der Waals surface area contributed by atoms with Gasteiger partial charge in [0, 0.05) is 51.0 Å². The standard InChI is InChI=1S/C20H25F2N7O/c1-27-12-13(11-24-27)25-19-23-7-4-17(26-19)28-8-5-14-2-3-15(6-9-28)29(14)18(30)16-10-20(16,21)22/h4,7,11-12,14-16H,2-3,5-6,8-10H2,1H3,(H,23,25,26)/t14-,15+,16?. The third kappa shape index (κ3) is 3.59. The summed E-state index contributed by atoms with van der Waals surface area (Å²) in [6.07, 6.45) is 8.28. The van der Waals surface area contributed by atoms with E-state index in [9.17, 15) is 13.6 Å². The van der Waals surface area contributed by atoms with Crippen LogP contribution in [-0.2, 0) is 11.8 Å². The van der Waals surface area contributed by atoms with E-state index in [0.717, 1.165) is 50.3 Å². The van der Waals surface area contributed by atoms with Crippen molar-refractivity contribution in [3.05, 3.63) is 24.7 Å². The second-order valence-electron chi connectivity index (χ2n) is 8.48.